The van der Waals surface area contributed by atoms with Crippen molar-refractivity contribution in [2.45, 2.75) is 26.3 Å². The molecule has 1 saturated heterocycles. The van der Waals surface area contributed by atoms with Gasteiger partial charge in [0.1, 0.15) is 5.82 Å². The molecule has 0 radical (unpaired) electrons. The van der Waals surface area contributed by atoms with Gasteiger partial charge in [0.2, 0.25) is 5.95 Å². The molecule has 1 aromatic heterocycles. The lowest BCUT2D eigenvalue weighted by molar-refractivity contribution is 0.602. The molecule has 1 aromatic rings. The number of hydrogen-bond acceptors (Lipinski definition) is 6. The molecule has 0 saturated carbocycles. The van der Waals surface area contributed by atoms with Crippen LogP contribution >= 0.6 is 0 Å². The molecule has 1 aliphatic heterocycles. The molecule has 19 heavy (non-hydrogen) atoms. The number of sulfone groups is 1. The number of anilines is 2. The molecule has 0 aromatic carbocycles. The highest BCUT2D eigenvalue weighted by Gasteiger charge is 2.27. The van der Waals surface area contributed by atoms with Crippen molar-refractivity contribution in [3.63, 3.8) is 0 Å². The summed E-state index contributed by atoms with van der Waals surface area (Å²) in [6.07, 6.45) is 2.35. The van der Waals surface area contributed by atoms with Crippen LogP contribution in [-0.2, 0) is 9.84 Å². The number of aromatic nitrogens is 2. The summed E-state index contributed by atoms with van der Waals surface area (Å²) in [4.78, 5) is 10.7. The second-order valence-corrected chi connectivity index (χ2v) is 6.89. The SMILES string of the molecule is CCN(CC)c1nccc(NC2CCS(=O)(=O)C2)n1. The van der Waals surface area contributed by atoms with Crippen LogP contribution in [0.15, 0.2) is 12.3 Å². The van der Waals surface area contributed by atoms with E-state index in [-0.39, 0.29) is 17.5 Å². The van der Waals surface area contributed by atoms with Crippen molar-refractivity contribution in [3.05, 3.63) is 12.3 Å². The molecular formula is C12H20N4O2S. The molecule has 0 bridgehead atoms. The van der Waals surface area contributed by atoms with Crippen LogP contribution in [0.5, 0.6) is 0 Å². The van der Waals surface area contributed by atoms with Crippen molar-refractivity contribution >= 4 is 21.6 Å². The summed E-state index contributed by atoms with van der Waals surface area (Å²) in [6, 6.07) is 1.74. The molecule has 6 nitrogen and oxygen atoms in total. The Morgan fingerprint density at radius 3 is 2.74 bits per heavy atom. The summed E-state index contributed by atoms with van der Waals surface area (Å²) in [5.41, 5.74) is 0. The molecule has 1 N–H and O–H groups in total. The third-order valence-electron chi connectivity index (χ3n) is 3.27. The zero-order chi connectivity index (χ0) is 13.9. The maximum Gasteiger partial charge on any atom is 0.227 e. The van der Waals surface area contributed by atoms with Crippen molar-refractivity contribution in [1.82, 2.24) is 9.97 Å². The van der Waals surface area contributed by atoms with Crippen molar-refractivity contribution < 1.29 is 8.42 Å². The lowest BCUT2D eigenvalue weighted by atomic mass is 10.2. The van der Waals surface area contributed by atoms with E-state index in [4.69, 9.17) is 0 Å². The van der Waals surface area contributed by atoms with E-state index in [1.54, 1.807) is 12.3 Å². The summed E-state index contributed by atoms with van der Waals surface area (Å²) in [6.45, 7) is 5.79. The maximum atomic E-state index is 11.4. The van der Waals surface area contributed by atoms with E-state index in [2.05, 4.69) is 34.0 Å². The quantitative estimate of drug-likeness (QED) is 0.866. The van der Waals surface area contributed by atoms with Gasteiger partial charge < -0.3 is 10.2 Å². The average molecular weight is 284 g/mol. The third-order valence-corrected chi connectivity index (χ3v) is 5.04. The molecule has 0 aliphatic carbocycles. The van der Waals surface area contributed by atoms with E-state index in [1.165, 1.54) is 0 Å². The van der Waals surface area contributed by atoms with Gasteiger partial charge in [-0.15, -0.1) is 0 Å². The normalized spacial score (nSPS) is 21.3. The zero-order valence-corrected chi connectivity index (χ0v) is 12.2. The summed E-state index contributed by atoms with van der Waals surface area (Å²) < 4.78 is 22.8. The molecular weight excluding hydrogens is 264 g/mol. The van der Waals surface area contributed by atoms with Crippen molar-refractivity contribution in [2.75, 3.05) is 34.8 Å². The maximum absolute atomic E-state index is 11.4. The Morgan fingerprint density at radius 2 is 2.16 bits per heavy atom. The molecule has 2 heterocycles. The van der Waals surface area contributed by atoms with Gasteiger partial charge in [-0.1, -0.05) is 0 Å². The molecule has 1 aliphatic rings. The van der Waals surface area contributed by atoms with E-state index in [0.717, 1.165) is 13.1 Å². The van der Waals surface area contributed by atoms with E-state index < -0.39 is 9.84 Å². The summed E-state index contributed by atoms with van der Waals surface area (Å²) in [5.74, 6) is 1.82. The van der Waals surface area contributed by atoms with Crippen LogP contribution in [0.4, 0.5) is 11.8 Å². The Bertz CT molecular complexity index is 528. The summed E-state index contributed by atoms with van der Waals surface area (Å²) in [7, 11) is -2.87. The highest BCUT2D eigenvalue weighted by molar-refractivity contribution is 7.91. The van der Waals surface area contributed by atoms with Crippen LogP contribution in [0, 0.1) is 0 Å². The number of nitrogens with zero attached hydrogens (tertiary/aromatic N) is 3. The van der Waals surface area contributed by atoms with E-state index in [9.17, 15) is 8.42 Å². The first kappa shape index (κ1) is 14.0. The smallest absolute Gasteiger partial charge is 0.227 e. The molecule has 1 unspecified atom stereocenters. The Kier molecular flexibility index (Phi) is 4.24. The van der Waals surface area contributed by atoms with Crippen molar-refractivity contribution in [1.29, 1.82) is 0 Å². The molecule has 7 heteroatoms. The lowest BCUT2D eigenvalue weighted by Crippen LogP contribution is -2.25. The van der Waals surface area contributed by atoms with E-state index in [1.807, 2.05) is 0 Å². The molecule has 1 atom stereocenters. The fraction of sp³-hybridized carbons (Fsp3) is 0.667. The summed E-state index contributed by atoms with van der Waals surface area (Å²) >= 11 is 0. The zero-order valence-electron chi connectivity index (χ0n) is 11.3. The van der Waals surface area contributed by atoms with Gasteiger partial charge in [-0.2, -0.15) is 4.98 Å². The minimum absolute atomic E-state index is 0.0375. The number of rotatable bonds is 5. The van der Waals surface area contributed by atoms with Gasteiger partial charge in [0, 0.05) is 25.3 Å². The number of nitrogens with one attached hydrogen (secondary N) is 1. The van der Waals surface area contributed by atoms with Gasteiger partial charge in [-0.05, 0) is 26.3 Å². The van der Waals surface area contributed by atoms with Crippen LogP contribution < -0.4 is 10.2 Å². The average Bonchev–Trinajstić information content (AvgIpc) is 2.71. The van der Waals surface area contributed by atoms with Crippen molar-refractivity contribution in [2.24, 2.45) is 0 Å². The minimum Gasteiger partial charge on any atom is -0.366 e. The topological polar surface area (TPSA) is 75.2 Å². The predicted octanol–water partition coefficient (Wildman–Crippen LogP) is 0.922. The Balaban J connectivity index is 2.07. The third kappa shape index (κ3) is 3.56. The lowest BCUT2D eigenvalue weighted by Gasteiger charge is -2.19. The monoisotopic (exact) mass is 284 g/mol. The fourth-order valence-electron chi connectivity index (χ4n) is 2.21. The van der Waals surface area contributed by atoms with Crippen LogP contribution in [0.2, 0.25) is 0 Å². The largest absolute Gasteiger partial charge is 0.366 e. The van der Waals surface area contributed by atoms with E-state index >= 15 is 0 Å². The predicted molar refractivity (Wildman–Crippen MR) is 76.3 cm³/mol. The highest BCUT2D eigenvalue weighted by atomic mass is 32.2. The van der Waals surface area contributed by atoms with Gasteiger partial charge in [0.05, 0.1) is 11.5 Å². The van der Waals surface area contributed by atoms with Gasteiger partial charge in [0.25, 0.3) is 0 Å². The first-order valence-electron chi connectivity index (χ1n) is 6.59. The first-order chi connectivity index (χ1) is 9.04. The first-order valence-corrected chi connectivity index (χ1v) is 8.41. The highest BCUT2D eigenvalue weighted by Crippen LogP contribution is 2.17. The van der Waals surface area contributed by atoms with Gasteiger partial charge >= 0.3 is 0 Å². The Morgan fingerprint density at radius 1 is 1.42 bits per heavy atom. The van der Waals surface area contributed by atoms with Crippen LogP contribution in [0.1, 0.15) is 20.3 Å². The summed E-state index contributed by atoms with van der Waals surface area (Å²) in [5, 5.41) is 3.18. The molecule has 1 fully saturated rings. The fourth-order valence-corrected chi connectivity index (χ4v) is 3.88. The van der Waals surface area contributed by atoms with Crippen molar-refractivity contribution in [3.8, 4) is 0 Å². The molecule has 0 amide bonds. The molecule has 0 spiro atoms. The molecule has 2 rings (SSSR count). The van der Waals surface area contributed by atoms with Gasteiger partial charge in [-0.3, -0.25) is 0 Å². The van der Waals surface area contributed by atoms with E-state index in [0.29, 0.717) is 18.2 Å². The Labute approximate surface area is 114 Å². The number of hydrogen-bond donors (Lipinski definition) is 1. The van der Waals surface area contributed by atoms with Gasteiger partial charge in [-0.25, -0.2) is 13.4 Å². The standard InChI is InChI=1S/C12H20N4O2S/c1-3-16(4-2)12-13-7-5-11(15-12)14-10-6-8-19(17,18)9-10/h5,7,10H,3-4,6,8-9H2,1-2H3,(H,13,14,15). The molecule has 106 valence electrons. The van der Waals surface area contributed by atoms with Crippen LogP contribution in [0.25, 0.3) is 0 Å². The second kappa shape index (κ2) is 5.73. The van der Waals surface area contributed by atoms with Crippen LogP contribution in [0.3, 0.4) is 0 Å². The van der Waals surface area contributed by atoms with Gasteiger partial charge in [0.15, 0.2) is 9.84 Å². The Hall–Kier alpha value is -1.37. The van der Waals surface area contributed by atoms with Crippen LogP contribution in [-0.4, -0.2) is 49.0 Å². The minimum atomic E-state index is -2.87. The second-order valence-electron chi connectivity index (χ2n) is 4.66.